The number of ether oxygens (including phenoxy) is 1. The summed E-state index contributed by atoms with van der Waals surface area (Å²) in [6, 6.07) is 0. The molecular formula is C12H12N4O5. The number of aromatic nitrogens is 4. The minimum Gasteiger partial charge on any atom is -0.380 e. The number of methoxy groups -OCH3 is 1. The van der Waals surface area contributed by atoms with Crippen molar-refractivity contribution in [3.63, 3.8) is 0 Å². The summed E-state index contributed by atoms with van der Waals surface area (Å²) in [7, 11) is 1.48. The van der Waals surface area contributed by atoms with E-state index >= 15 is 0 Å². The lowest BCUT2D eigenvalue weighted by Gasteiger charge is -1.94. The van der Waals surface area contributed by atoms with Crippen LogP contribution in [0.1, 0.15) is 11.1 Å². The van der Waals surface area contributed by atoms with E-state index in [4.69, 9.17) is 11.2 Å². The fraction of sp³-hybridized carbons (Fsp3) is 0.167. The van der Waals surface area contributed by atoms with E-state index < -0.39 is 22.5 Å². The third kappa shape index (κ3) is 4.81. The molecule has 21 heavy (non-hydrogen) atoms. The van der Waals surface area contributed by atoms with Crippen LogP contribution < -0.4 is 22.5 Å². The first-order valence-corrected chi connectivity index (χ1v) is 5.56. The van der Waals surface area contributed by atoms with Crippen molar-refractivity contribution in [2.45, 2.75) is 6.61 Å². The maximum Gasteiger partial charge on any atom is 0.325 e. The maximum atomic E-state index is 10.9. The first-order valence-electron chi connectivity index (χ1n) is 5.56. The van der Waals surface area contributed by atoms with E-state index in [0.29, 0.717) is 5.56 Å². The average molecular weight is 292 g/mol. The van der Waals surface area contributed by atoms with E-state index in [0.717, 1.165) is 0 Å². The molecule has 0 aromatic carbocycles. The summed E-state index contributed by atoms with van der Waals surface area (Å²) < 4.78 is 4.71. The van der Waals surface area contributed by atoms with Crippen molar-refractivity contribution in [2.24, 2.45) is 0 Å². The van der Waals surface area contributed by atoms with E-state index in [9.17, 15) is 19.2 Å². The third-order valence-corrected chi connectivity index (χ3v) is 2.17. The number of aromatic amines is 4. The number of nitrogens with one attached hydrogen (secondary N) is 4. The second kappa shape index (κ2) is 7.46. The lowest BCUT2D eigenvalue weighted by molar-refractivity contribution is 0.183. The Labute approximate surface area is 117 Å². The van der Waals surface area contributed by atoms with Gasteiger partial charge in [-0.2, -0.15) is 0 Å². The number of terminal acetylenes is 1. The summed E-state index contributed by atoms with van der Waals surface area (Å²) in [5.41, 5.74) is -1.47. The molecule has 0 saturated heterocycles. The number of rotatable bonds is 2. The van der Waals surface area contributed by atoms with Crippen LogP contribution >= 0.6 is 0 Å². The van der Waals surface area contributed by atoms with Crippen LogP contribution in [0.3, 0.4) is 0 Å². The highest BCUT2D eigenvalue weighted by Crippen LogP contribution is 1.85. The Bertz CT molecular complexity index is 865. The second-order valence-electron chi connectivity index (χ2n) is 3.66. The van der Waals surface area contributed by atoms with Gasteiger partial charge < -0.3 is 14.7 Å². The van der Waals surface area contributed by atoms with Crippen LogP contribution in [-0.4, -0.2) is 27.0 Å². The lowest BCUT2D eigenvalue weighted by atomic mass is 10.4. The monoisotopic (exact) mass is 292 g/mol. The Morgan fingerprint density at radius 1 is 1.05 bits per heavy atom. The standard InChI is InChI=1S/C6H8N2O3.C6H4N2O2/c1-11-3-4-2-7-6(10)8-5(4)9;1-2-4-3-7-6(10)8-5(4)9/h2H,3H2,1H3,(H2,7,8,9,10);1,3H,(H2,7,8,9,10). The summed E-state index contributed by atoms with van der Waals surface area (Å²) in [5.74, 6) is 2.11. The highest BCUT2D eigenvalue weighted by Gasteiger charge is 1.97. The Hall–Kier alpha value is -3.12. The summed E-state index contributed by atoms with van der Waals surface area (Å²) >= 11 is 0. The van der Waals surface area contributed by atoms with Crippen molar-refractivity contribution in [3.05, 3.63) is 65.2 Å². The molecule has 0 saturated carbocycles. The fourth-order valence-corrected chi connectivity index (χ4v) is 1.22. The topological polar surface area (TPSA) is 141 Å². The van der Waals surface area contributed by atoms with Gasteiger partial charge in [-0.15, -0.1) is 6.42 Å². The van der Waals surface area contributed by atoms with Crippen molar-refractivity contribution >= 4 is 0 Å². The van der Waals surface area contributed by atoms with E-state index in [-0.39, 0.29) is 12.2 Å². The van der Waals surface area contributed by atoms with Crippen LogP contribution in [0.4, 0.5) is 0 Å². The summed E-state index contributed by atoms with van der Waals surface area (Å²) in [6.07, 6.45) is 7.44. The normalized spacial score (nSPS) is 9.33. The van der Waals surface area contributed by atoms with Crippen LogP contribution in [0.5, 0.6) is 0 Å². The molecule has 0 bridgehead atoms. The van der Waals surface area contributed by atoms with Gasteiger partial charge in [0.1, 0.15) is 5.56 Å². The van der Waals surface area contributed by atoms with Crippen molar-refractivity contribution in [1.82, 2.24) is 19.9 Å². The molecule has 9 nitrogen and oxygen atoms in total. The van der Waals surface area contributed by atoms with Crippen molar-refractivity contribution < 1.29 is 4.74 Å². The fourth-order valence-electron chi connectivity index (χ4n) is 1.22. The van der Waals surface area contributed by atoms with Gasteiger partial charge in [0.25, 0.3) is 11.1 Å². The Balaban J connectivity index is 0.000000211. The molecule has 0 aliphatic carbocycles. The van der Waals surface area contributed by atoms with Crippen LogP contribution in [0.15, 0.2) is 31.6 Å². The number of hydrogen-bond acceptors (Lipinski definition) is 5. The largest absolute Gasteiger partial charge is 0.380 e. The second-order valence-corrected chi connectivity index (χ2v) is 3.66. The minimum absolute atomic E-state index is 0.125. The molecule has 4 N–H and O–H groups in total. The third-order valence-electron chi connectivity index (χ3n) is 2.17. The zero-order valence-electron chi connectivity index (χ0n) is 11.0. The van der Waals surface area contributed by atoms with Gasteiger partial charge in [0.15, 0.2) is 0 Å². The molecule has 0 atom stereocenters. The summed E-state index contributed by atoms with van der Waals surface area (Å²) in [4.78, 5) is 51.0. The molecular weight excluding hydrogens is 280 g/mol. The van der Waals surface area contributed by atoms with Gasteiger partial charge in [-0.3, -0.25) is 19.6 Å². The zero-order chi connectivity index (χ0) is 15.8. The van der Waals surface area contributed by atoms with Crippen LogP contribution in [-0.2, 0) is 11.3 Å². The van der Waals surface area contributed by atoms with Gasteiger partial charge in [-0.05, 0) is 0 Å². The predicted octanol–water partition coefficient (Wildman–Crippen LogP) is -1.75. The van der Waals surface area contributed by atoms with Crippen LogP contribution in [0, 0.1) is 12.3 Å². The molecule has 9 heteroatoms. The van der Waals surface area contributed by atoms with Gasteiger partial charge in [-0.1, -0.05) is 5.92 Å². The van der Waals surface area contributed by atoms with Crippen molar-refractivity contribution in [2.75, 3.05) is 7.11 Å². The molecule has 0 amide bonds. The van der Waals surface area contributed by atoms with E-state index in [1.165, 1.54) is 19.5 Å². The van der Waals surface area contributed by atoms with Gasteiger partial charge in [0.05, 0.1) is 12.2 Å². The molecule has 2 aromatic rings. The van der Waals surface area contributed by atoms with Gasteiger partial charge in [-0.25, -0.2) is 9.59 Å². The smallest absolute Gasteiger partial charge is 0.325 e. The highest BCUT2D eigenvalue weighted by molar-refractivity contribution is 5.25. The summed E-state index contributed by atoms with van der Waals surface area (Å²) in [5, 5.41) is 0. The summed E-state index contributed by atoms with van der Waals surface area (Å²) in [6.45, 7) is 0.201. The SMILES string of the molecule is C#Cc1c[nH]c(=O)[nH]c1=O.COCc1c[nH]c(=O)[nH]c1=O. The van der Waals surface area contributed by atoms with E-state index in [2.05, 4.69) is 20.9 Å². The quantitative estimate of drug-likeness (QED) is 0.486. The minimum atomic E-state index is -0.552. The molecule has 0 fully saturated rings. The molecule has 2 aromatic heterocycles. The highest BCUT2D eigenvalue weighted by atomic mass is 16.5. The van der Waals surface area contributed by atoms with E-state index in [1.807, 2.05) is 4.98 Å². The predicted molar refractivity (Wildman–Crippen MR) is 74.0 cm³/mol. The maximum absolute atomic E-state index is 10.9. The Kier molecular flexibility index (Phi) is 5.66. The number of H-pyrrole nitrogens is 4. The van der Waals surface area contributed by atoms with Gasteiger partial charge in [0.2, 0.25) is 0 Å². The zero-order valence-corrected chi connectivity index (χ0v) is 11.0. The molecule has 0 aliphatic rings. The number of hydrogen-bond donors (Lipinski definition) is 4. The van der Waals surface area contributed by atoms with E-state index in [1.54, 1.807) is 0 Å². The molecule has 0 radical (unpaired) electrons. The van der Waals surface area contributed by atoms with Crippen LogP contribution in [0.2, 0.25) is 0 Å². The van der Waals surface area contributed by atoms with Crippen molar-refractivity contribution in [3.8, 4) is 12.3 Å². The molecule has 2 heterocycles. The molecule has 0 unspecified atom stereocenters. The van der Waals surface area contributed by atoms with Crippen molar-refractivity contribution in [1.29, 1.82) is 0 Å². The van der Waals surface area contributed by atoms with Gasteiger partial charge >= 0.3 is 11.4 Å². The molecule has 110 valence electrons. The first kappa shape index (κ1) is 15.9. The molecule has 0 spiro atoms. The molecule has 0 aliphatic heterocycles. The molecule has 2 rings (SSSR count). The van der Waals surface area contributed by atoms with Gasteiger partial charge in [0, 0.05) is 19.5 Å². The Morgan fingerprint density at radius 3 is 2.10 bits per heavy atom. The Morgan fingerprint density at radius 2 is 1.62 bits per heavy atom. The average Bonchev–Trinajstić information content (AvgIpc) is 2.43. The first-order chi connectivity index (χ1) is 9.97. The lowest BCUT2D eigenvalue weighted by Crippen LogP contribution is -2.24. The van der Waals surface area contributed by atoms with Crippen LogP contribution in [0.25, 0.3) is 0 Å².